The van der Waals surface area contributed by atoms with Crippen molar-refractivity contribution in [1.29, 1.82) is 0 Å². The summed E-state index contributed by atoms with van der Waals surface area (Å²) >= 11 is 8.32. The van der Waals surface area contributed by atoms with Crippen LogP contribution in [-0.2, 0) is 9.53 Å². The van der Waals surface area contributed by atoms with Crippen molar-refractivity contribution in [2.24, 2.45) is 0 Å². The summed E-state index contributed by atoms with van der Waals surface area (Å²) in [5.41, 5.74) is 2.06. The van der Waals surface area contributed by atoms with E-state index in [-0.39, 0.29) is 11.9 Å². The molecule has 3 aromatic rings. The summed E-state index contributed by atoms with van der Waals surface area (Å²) in [7, 11) is 0. The molecule has 1 aromatic heterocycles. The summed E-state index contributed by atoms with van der Waals surface area (Å²) in [6, 6.07) is 18.3. The van der Waals surface area contributed by atoms with Gasteiger partial charge in [0, 0.05) is 16.5 Å². The first-order valence-corrected chi connectivity index (χ1v) is 12.2. The zero-order valence-electron chi connectivity index (χ0n) is 17.4. The number of hydrogen-bond donors (Lipinski definition) is 0. The number of thiocarbonyl (C=S) groups is 1. The lowest BCUT2D eigenvalue weighted by Crippen LogP contribution is -2.27. The summed E-state index contributed by atoms with van der Waals surface area (Å²) in [5, 5.41) is 0. The maximum atomic E-state index is 13.0. The first-order chi connectivity index (χ1) is 15.5. The Morgan fingerprint density at radius 3 is 2.69 bits per heavy atom. The van der Waals surface area contributed by atoms with Crippen LogP contribution in [0.25, 0.3) is 17.4 Å². The Balaban J connectivity index is 1.53. The number of amides is 1. The van der Waals surface area contributed by atoms with Crippen LogP contribution in [0.3, 0.4) is 0 Å². The van der Waals surface area contributed by atoms with Crippen LogP contribution in [-0.4, -0.2) is 29.1 Å². The molecule has 1 amide bonds. The summed E-state index contributed by atoms with van der Waals surface area (Å²) in [5.74, 6) is 0.655. The normalized spacial score (nSPS) is 14.9. The van der Waals surface area contributed by atoms with Crippen molar-refractivity contribution >= 4 is 63.7 Å². The molecule has 162 valence electrons. The van der Waals surface area contributed by atoms with Crippen LogP contribution < -0.4 is 4.90 Å². The third kappa shape index (κ3) is 4.67. The van der Waals surface area contributed by atoms with E-state index in [1.807, 2.05) is 36.6 Å². The molecule has 2 aromatic carbocycles. The van der Waals surface area contributed by atoms with Crippen LogP contribution in [0.15, 0.2) is 74.9 Å². The highest BCUT2D eigenvalue weighted by Gasteiger charge is 2.33. The molecule has 0 saturated carbocycles. The number of esters is 1. The van der Waals surface area contributed by atoms with Crippen molar-refractivity contribution in [3.63, 3.8) is 0 Å². The fourth-order valence-corrected chi connectivity index (χ4v) is 4.87. The Morgan fingerprint density at radius 1 is 1.19 bits per heavy atom. The van der Waals surface area contributed by atoms with Gasteiger partial charge in [-0.25, -0.2) is 4.79 Å². The number of ether oxygens (including phenoxy) is 1. The van der Waals surface area contributed by atoms with E-state index in [1.54, 1.807) is 60.0 Å². The zero-order chi connectivity index (χ0) is 22.7. The zero-order valence-corrected chi connectivity index (χ0v) is 19.8. The minimum absolute atomic E-state index is 0.171. The van der Waals surface area contributed by atoms with E-state index >= 15 is 0 Å². The molecule has 0 unspecified atom stereocenters. The fraction of sp³-hybridized carbons (Fsp3) is 0.125. The molecule has 0 radical (unpaired) electrons. The van der Waals surface area contributed by atoms with Gasteiger partial charge in [0.25, 0.3) is 5.91 Å². The lowest BCUT2D eigenvalue weighted by Gasteiger charge is -2.15. The number of carbonyl (C=O) groups is 2. The topological polar surface area (TPSA) is 59.8 Å². The molecule has 1 aliphatic rings. The van der Waals surface area contributed by atoms with Crippen LogP contribution in [0.1, 0.15) is 23.0 Å². The smallest absolute Gasteiger partial charge is 0.338 e. The number of furan rings is 1. The SMILES string of the molecule is CCOC(=O)c1ccc(-c2ccc(/C=C3/SC(=S)N(c4cccc(SC)c4)C3=O)o2)cc1. The molecular formula is C24H19NO4S3. The van der Waals surface area contributed by atoms with E-state index in [0.29, 0.717) is 32.9 Å². The molecule has 5 nitrogen and oxygen atoms in total. The molecule has 0 atom stereocenters. The molecule has 0 aliphatic carbocycles. The van der Waals surface area contributed by atoms with Crippen molar-refractivity contribution < 1.29 is 18.7 Å². The van der Waals surface area contributed by atoms with E-state index in [4.69, 9.17) is 21.4 Å². The second-order valence-electron chi connectivity index (χ2n) is 6.72. The van der Waals surface area contributed by atoms with E-state index in [0.717, 1.165) is 16.1 Å². The Hall–Kier alpha value is -2.81. The summed E-state index contributed by atoms with van der Waals surface area (Å²) in [6.45, 7) is 2.10. The predicted octanol–water partition coefficient (Wildman–Crippen LogP) is 6.25. The van der Waals surface area contributed by atoms with Gasteiger partial charge in [0.1, 0.15) is 11.5 Å². The Labute approximate surface area is 199 Å². The lowest BCUT2D eigenvalue weighted by molar-refractivity contribution is -0.113. The molecular weight excluding hydrogens is 462 g/mol. The summed E-state index contributed by atoms with van der Waals surface area (Å²) < 4.78 is 11.4. The van der Waals surface area contributed by atoms with Crippen molar-refractivity contribution in [1.82, 2.24) is 0 Å². The minimum atomic E-state index is -0.357. The number of anilines is 1. The Morgan fingerprint density at radius 2 is 1.97 bits per heavy atom. The highest BCUT2D eigenvalue weighted by Crippen LogP contribution is 2.37. The average Bonchev–Trinajstić information content (AvgIpc) is 3.38. The van der Waals surface area contributed by atoms with Crippen molar-refractivity contribution in [3.8, 4) is 11.3 Å². The number of rotatable bonds is 6. The summed E-state index contributed by atoms with van der Waals surface area (Å²) in [4.78, 5) is 27.9. The highest BCUT2D eigenvalue weighted by molar-refractivity contribution is 8.27. The molecule has 1 aliphatic heterocycles. The number of hydrogen-bond acceptors (Lipinski definition) is 7. The predicted molar refractivity (Wildman–Crippen MR) is 134 cm³/mol. The number of benzene rings is 2. The third-order valence-corrected chi connectivity index (χ3v) is 6.71. The van der Waals surface area contributed by atoms with Gasteiger partial charge >= 0.3 is 5.97 Å². The van der Waals surface area contributed by atoms with Crippen molar-refractivity contribution in [3.05, 3.63) is 76.9 Å². The van der Waals surface area contributed by atoms with Gasteiger partial charge in [-0.2, -0.15) is 0 Å². The number of carbonyl (C=O) groups excluding carboxylic acids is 2. The minimum Gasteiger partial charge on any atom is -0.462 e. The molecule has 2 heterocycles. The monoisotopic (exact) mass is 481 g/mol. The van der Waals surface area contributed by atoms with Crippen molar-refractivity contribution in [2.45, 2.75) is 11.8 Å². The van der Waals surface area contributed by atoms with Crippen LogP contribution in [0.4, 0.5) is 5.69 Å². The second kappa shape index (κ2) is 9.77. The molecule has 1 fully saturated rings. The Bertz CT molecular complexity index is 1210. The number of thioether (sulfide) groups is 2. The van der Waals surface area contributed by atoms with Gasteiger partial charge in [-0.3, -0.25) is 9.69 Å². The highest BCUT2D eigenvalue weighted by atomic mass is 32.2. The lowest BCUT2D eigenvalue weighted by atomic mass is 10.1. The van der Waals surface area contributed by atoms with Gasteiger partial charge in [-0.15, -0.1) is 11.8 Å². The first kappa shape index (κ1) is 22.4. The molecule has 32 heavy (non-hydrogen) atoms. The maximum absolute atomic E-state index is 13.0. The molecule has 4 rings (SSSR count). The van der Waals surface area contributed by atoms with E-state index in [2.05, 4.69) is 0 Å². The molecule has 1 saturated heterocycles. The van der Waals surface area contributed by atoms with Gasteiger partial charge in [0.05, 0.1) is 22.8 Å². The van der Waals surface area contributed by atoms with Crippen LogP contribution >= 0.6 is 35.7 Å². The maximum Gasteiger partial charge on any atom is 0.338 e. The van der Waals surface area contributed by atoms with E-state index in [9.17, 15) is 9.59 Å². The standard InChI is InChI=1S/C24H19NO4S3/c1-3-28-23(27)16-9-7-15(8-10-16)20-12-11-18(29-20)14-21-22(26)25(24(30)32-21)17-5-4-6-19(13-17)31-2/h4-14H,3H2,1-2H3/b21-14+. The van der Waals surface area contributed by atoms with Gasteiger partial charge in [0.15, 0.2) is 4.32 Å². The quantitative estimate of drug-likeness (QED) is 0.178. The fourth-order valence-electron chi connectivity index (χ4n) is 3.14. The van der Waals surface area contributed by atoms with Gasteiger partial charge in [-0.1, -0.05) is 42.2 Å². The summed E-state index contributed by atoms with van der Waals surface area (Å²) in [6.07, 6.45) is 3.69. The third-order valence-electron chi connectivity index (χ3n) is 4.69. The number of nitrogens with zero attached hydrogens (tertiary/aromatic N) is 1. The largest absolute Gasteiger partial charge is 0.462 e. The van der Waals surface area contributed by atoms with Gasteiger partial charge < -0.3 is 9.15 Å². The van der Waals surface area contributed by atoms with Crippen LogP contribution in [0, 0.1) is 0 Å². The first-order valence-electron chi connectivity index (χ1n) is 9.79. The molecule has 0 bridgehead atoms. The van der Waals surface area contributed by atoms with Crippen molar-refractivity contribution in [2.75, 3.05) is 17.8 Å². The van der Waals surface area contributed by atoms with Crippen LogP contribution in [0.2, 0.25) is 0 Å². The van der Waals surface area contributed by atoms with E-state index < -0.39 is 0 Å². The Kier molecular flexibility index (Phi) is 6.83. The second-order valence-corrected chi connectivity index (χ2v) is 9.27. The van der Waals surface area contributed by atoms with Gasteiger partial charge in [0.2, 0.25) is 0 Å². The van der Waals surface area contributed by atoms with Crippen LogP contribution in [0.5, 0.6) is 0 Å². The van der Waals surface area contributed by atoms with Gasteiger partial charge in [-0.05, 0) is 55.6 Å². The van der Waals surface area contributed by atoms with E-state index in [1.165, 1.54) is 11.8 Å². The average molecular weight is 482 g/mol. The molecule has 8 heteroatoms. The molecule has 0 spiro atoms. The molecule has 0 N–H and O–H groups in total.